The number of hydrogen-bond donors (Lipinski definition) is 1. The van der Waals surface area contributed by atoms with Gasteiger partial charge >= 0.3 is 0 Å². The van der Waals surface area contributed by atoms with Gasteiger partial charge in [0.25, 0.3) is 0 Å². The van der Waals surface area contributed by atoms with Crippen LogP contribution in [0.3, 0.4) is 0 Å². The summed E-state index contributed by atoms with van der Waals surface area (Å²) in [5.74, 6) is 0.785. The molecule has 0 radical (unpaired) electrons. The third kappa shape index (κ3) is 5.08. The lowest BCUT2D eigenvalue weighted by Gasteiger charge is -2.20. The van der Waals surface area contributed by atoms with Crippen molar-refractivity contribution in [2.75, 3.05) is 24.6 Å². The zero-order valence-electron chi connectivity index (χ0n) is 15.0. The Labute approximate surface area is 149 Å². The average molecular weight is 339 g/mol. The van der Waals surface area contributed by atoms with Crippen LogP contribution >= 0.6 is 0 Å². The van der Waals surface area contributed by atoms with Crippen molar-refractivity contribution in [2.24, 2.45) is 10.1 Å². The Morgan fingerprint density at radius 3 is 2.16 bits per heavy atom. The summed E-state index contributed by atoms with van der Waals surface area (Å²) in [6, 6.07) is 15.4. The first kappa shape index (κ1) is 18.5. The molecule has 0 aromatic heterocycles. The Morgan fingerprint density at radius 1 is 1.00 bits per heavy atom. The van der Waals surface area contributed by atoms with E-state index in [0.29, 0.717) is 12.3 Å². The van der Waals surface area contributed by atoms with Gasteiger partial charge in [0, 0.05) is 24.3 Å². The highest BCUT2D eigenvalue weighted by Gasteiger charge is 2.03. The molecule has 0 atom stereocenters. The van der Waals surface area contributed by atoms with E-state index in [0.717, 1.165) is 30.1 Å². The van der Waals surface area contributed by atoms with Crippen LogP contribution in [0.15, 0.2) is 58.7 Å². The van der Waals surface area contributed by atoms with Crippen LogP contribution in [0.1, 0.15) is 26.3 Å². The van der Waals surface area contributed by atoms with E-state index < -0.39 is 0 Å². The number of benzene rings is 2. The van der Waals surface area contributed by atoms with E-state index in [1.54, 1.807) is 6.21 Å². The molecule has 0 heterocycles. The van der Waals surface area contributed by atoms with Crippen molar-refractivity contribution < 1.29 is 9.94 Å². The summed E-state index contributed by atoms with van der Waals surface area (Å²) < 4.78 is 5.41. The molecule has 0 saturated carbocycles. The van der Waals surface area contributed by atoms with E-state index in [1.165, 1.54) is 5.69 Å². The number of ether oxygens (including phenoxy) is 1. The summed E-state index contributed by atoms with van der Waals surface area (Å²) in [4.78, 5) is 6.67. The molecule has 1 N–H and O–H groups in total. The summed E-state index contributed by atoms with van der Waals surface area (Å²) in [5.41, 5.74) is 3.15. The van der Waals surface area contributed by atoms with Crippen LogP contribution in [0, 0.1) is 0 Å². The minimum absolute atomic E-state index is 0.399. The third-order valence-electron chi connectivity index (χ3n) is 3.88. The number of hydrogen-bond acceptors (Lipinski definition) is 5. The lowest BCUT2D eigenvalue weighted by atomic mass is 10.1. The SMILES string of the molecule is CCOc1ccc(/C(C=Nc2ccc(N(CC)CC)cc2)=N\O)cc1. The molecule has 2 rings (SSSR count). The second kappa shape index (κ2) is 9.47. The molecule has 0 fully saturated rings. The standard InChI is InChI=1S/C20H25N3O2/c1-4-23(5-2)18-11-9-17(10-12-18)21-15-20(22-24)16-7-13-19(14-8-16)25-6-3/h7-15,24H,4-6H2,1-3H3/b21-15?,22-20-. The minimum atomic E-state index is 0.399. The molecule has 0 aliphatic heterocycles. The first-order valence-corrected chi connectivity index (χ1v) is 8.56. The minimum Gasteiger partial charge on any atom is -0.494 e. The molecule has 0 unspecified atom stereocenters. The summed E-state index contributed by atoms with van der Waals surface area (Å²) in [6.45, 7) is 8.76. The number of oxime groups is 1. The number of rotatable bonds is 8. The number of aliphatic imine (C=N–C) groups is 1. The highest BCUT2D eigenvalue weighted by molar-refractivity contribution is 6.38. The molecular weight excluding hydrogens is 314 g/mol. The smallest absolute Gasteiger partial charge is 0.128 e. The molecule has 2 aromatic carbocycles. The fraction of sp³-hybridized carbons (Fsp3) is 0.300. The van der Waals surface area contributed by atoms with Gasteiger partial charge in [0.1, 0.15) is 11.5 Å². The van der Waals surface area contributed by atoms with Crippen molar-refractivity contribution in [3.8, 4) is 5.75 Å². The van der Waals surface area contributed by atoms with Crippen LogP contribution in [0.4, 0.5) is 11.4 Å². The van der Waals surface area contributed by atoms with Gasteiger partial charge in [-0.1, -0.05) is 5.16 Å². The summed E-state index contributed by atoms with van der Waals surface area (Å²) in [5, 5.41) is 12.6. The highest BCUT2D eigenvalue weighted by atomic mass is 16.5. The van der Waals surface area contributed by atoms with Gasteiger partial charge in [0.05, 0.1) is 18.5 Å². The Morgan fingerprint density at radius 2 is 1.64 bits per heavy atom. The van der Waals surface area contributed by atoms with Gasteiger partial charge in [-0.25, -0.2) is 0 Å². The molecular formula is C20H25N3O2. The largest absolute Gasteiger partial charge is 0.494 e. The van der Waals surface area contributed by atoms with Crippen molar-refractivity contribution in [2.45, 2.75) is 20.8 Å². The molecule has 0 aliphatic carbocycles. The maximum atomic E-state index is 9.27. The number of nitrogens with zero attached hydrogens (tertiary/aromatic N) is 3. The van der Waals surface area contributed by atoms with Gasteiger partial charge in [-0.2, -0.15) is 0 Å². The van der Waals surface area contributed by atoms with Crippen LogP contribution in [0.5, 0.6) is 5.75 Å². The van der Waals surface area contributed by atoms with Crippen LogP contribution < -0.4 is 9.64 Å². The van der Waals surface area contributed by atoms with Crippen molar-refractivity contribution >= 4 is 23.3 Å². The predicted molar refractivity (Wildman–Crippen MR) is 104 cm³/mol. The zero-order chi connectivity index (χ0) is 18.1. The number of anilines is 1. The molecule has 132 valence electrons. The fourth-order valence-corrected chi connectivity index (χ4v) is 2.52. The maximum absolute atomic E-state index is 9.27. The quantitative estimate of drug-likeness (QED) is 0.437. The lowest BCUT2D eigenvalue weighted by molar-refractivity contribution is 0.320. The molecule has 0 bridgehead atoms. The second-order valence-electron chi connectivity index (χ2n) is 5.39. The van der Waals surface area contributed by atoms with E-state index >= 15 is 0 Å². The average Bonchev–Trinajstić information content (AvgIpc) is 2.66. The molecule has 25 heavy (non-hydrogen) atoms. The monoisotopic (exact) mass is 339 g/mol. The van der Waals surface area contributed by atoms with Gasteiger partial charge in [-0.3, -0.25) is 4.99 Å². The van der Waals surface area contributed by atoms with Gasteiger partial charge in [-0.15, -0.1) is 0 Å². The molecule has 0 spiro atoms. The summed E-state index contributed by atoms with van der Waals surface area (Å²) in [7, 11) is 0. The zero-order valence-corrected chi connectivity index (χ0v) is 15.0. The third-order valence-corrected chi connectivity index (χ3v) is 3.88. The topological polar surface area (TPSA) is 57.4 Å². The Kier molecular flexibility index (Phi) is 7.01. The molecule has 5 heteroatoms. The molecule has 0 aliphatic rings. The molecule has 0 saturated heterocycles. The van der Waals surface area contributed by atoms with E-state index in [9.17, 15) is 5.21 Å². The van der Waals surface area contributed by atoms with Crippen LogP contribution in [0.2, 0.25) is 0 Å². The van der Waals surface area contributed by atoms with E-state index in [2.05, 4.69) is 28.9 Å². The predicted octanol–water partition coefficient (Wildman–Crippen LogP) is 4.51. The van der Waals surface area contributed by atoms with Crippen molar-refractivity contribution in [3.05, 3.63) is 54.1 Å². The van der Waals surface area contributed by atoms with Gasteiger partial charge in [0.2, 0.25) is 0 Å². The van der Waals surface area contributed by atoms with E-state index in [1.807, 2.05) is 55.5 Å². The Bertz CT molecular complexity index is 703. The van der Waals surface area contributed by atoms with Gasteiger partial charge in [-0.05, 0) is 69.3 Å². The van der Waals surface area contributed by atoms with Crippen LogP contribution in [-0.4, -0.2) is 36.8 Å². The van der Waals surface area contributed by atoms with Crippen molar-refractivity contribution in [1.29, 1.82) is 0 Å². The highest BCUT2D eigenvalue weighted by Crippen LogP contribution is 2.19. The van der Waals surface area contributed by atoms with E-state index in [-0.39, 0.29) is 0 Å². The van der Waals surface area contributed by atoms with E-state index in [4.69, 9.17) is 4.74 Å². The van der Waals surface area contributed by atoms with Crippen LogP contribution in [-0.2, 0) is 0 Å². The molecule has 5 nitrogen and oxygen atoms in total. The molecule has 2 aromatic rings. The van der Waals surface area contributed by atoms with Gasteiger partial charge in [0.15, 0.2) is 0 Å². The van der Waals surface area contributed by atoms with Crippen LogP contribution in [0.25, 0.3) is 0 Å². The Balaban J connectivity index is 2.10. The van der Waals surface area contributed by atoms with Crippen molar-refractivity contribution in [3.63, 3.8) is 0 Å². The maximum Gasteiger partial charge on any atom is 0.128 e. The second-order valence-corrected chi connectivity index (χ2v) is 5.39. The molecule has 0 amide bonds. The summed E-state index contributed by atoms with van der Waals surface area (Å²) >= 11 is 0. The Hall–Kier alpha value is -2.82. The normalized spacial score (nSPS) is 11.7. The van der Waals surface area contributed by atoms with Gasteiger partial charge < -0.3 is 14.8 Å². The van der Waals surface area contributed by atoms with Crippen molar-refractivity contribution in [1.82, 2.24) is 0 Å². The first-order valence-electron chi connectivity index (χ1n) is 8.56. The summed E-state index contributed by atoms with van der Waals surface area (Å²) in [6.07, 6.45) is 1.56. The fourth-order valence-electron chi connectivity index (χ4n) is 2.52. The lowest BCUT2D eigenvalue weighted by Crippen LogP contribution is -2.21. The first-order chi connectivity index (χ1) is 12.2.